The number of rotatable bonds is 3. The van der Waals surface area contributed by atoms with Gasteiger partial charge in [-0.2, -0.15) is 0 Å². The average Bonchev–Trinajstić information content (AvgIpc) is 2.82. The van der Waals surface area contributed by atoms with E-state index in [-0.39, 0.29) is 23.9 Å². The lowest BCUT2D eigenvalue weighted by Gasteiger charge is -2.42. The Balaban J connectivity index is 1.50. The standard InChI is InChI=1S/C19H28N4O4/c1-19(2)12-23(7-6-16(19)20)11-17(24)22-18(25)21-13-4-5-14-15(10-13)27-9-3-8-26-14/h4-5,10,16H,3,6-9,11-12,20H2,1-2H3,(H2,21,22,24,25). The van der Waals surface area contributed by atoms with Crippen LogP contribution in [0.2, 0.25) is 0 Å². The summed E-state index contributed by atoms with van der Waals surface area (Å²) in [6.45, 7) is 7.01. The molecule has 2 heterocycles. The van der Waals surface area contributed by atoms with Gasteiger partial charge >= 0.3 is 6.03 Å². The van der Waals surface area contributed by atoms with Crippen molar-refractivity contribution in [3.8, 4) is 11.5 Å². The Bertz CT molecular complexity index is 707. The number of nitrogens with one attached hydrogen (secondary N) is 2. The molecule has 0 aliphatic carbocycles. The van der Waals surface area contributed by atoms with E-state index in [4.69, 9.17) is 15.2 Å². The normalized spacial score (nSPS) is 21.8. The van der Waals surface area contributed by atoms with E-state index < -0.39 is 6.03 Å². The van der Waals surface area contributed by atoms with Gasteiger partial charge in [0.1, 0.15) is 0 Å². The van der Waals surface area contributed by atoms with Gasteiger partial charge in [0.25, 0.3) is 0 Å². The Morgan fingerprint density at radius 1 is 1.26 bits per heavy atom. The molecule has 148 valence electrons. The molecule has 0 spiro atoms. The van der Waals surface area contributed by atoms with E-state index in [2.05, 4.69) is 24.5 Å². The molecule has 4 N–H and O–H groups in total. The number of urea groups is 1. The maximum absolute atomic E-state index is 12.2. The summed E-state index contributed by atoms with van der Waals surface area (Å²) in [4.78, 5) is 26.3. The summed E-state index contributed by atoms with van der Waals surface area (Å²) in [7, 11) is 0. The number of hydrogen-bond acceptors (Lipinski definition) is 6. The lowest BCUT2D eigenvalue weighted by Crippen LogP contribution is -2.54. The molecule has 1 aromatic rings. The van der Waals surface area contributed by atoms with Crippen LogP contribution in [0.4, 0.5) is 10.5 Å². The number of likely N-dealkylation sites (tertiary alicyclic amines) is 1. The lowest BCUT2D eigenvalue weighted by molar-refractivity contribution is -0.121. The molecule has 2 aliphatic heterocycles. The SMILES string of the molecule is CC1(C)CN(CC(=O)NC(=O)Nc2ccc3c(c2)OCCCO3)CCC1N. The Morgan fingerprint density at radius 3 is 2.74 bits per heavy atom. The van der Waals surface area contributed by atoms with Crippen LogP contribution < -0.4 is 25.8 Å². The highest BCUT2D eigenvalue weighted by Gasteiger charge is 2.34. The summed E-state index contributed by atoms with van der Waals surface area (Å²) in [6, 6.07) is 4.71. The first kappa shape index (κ1) is 19.4. The zero-order valence-electron chi connectivity index (χ0n) is 15.9. The van der Waals surface area contributed by atoms with Gasteiger partial charge in [-0.05, 0) is 24.0 Å². The third-order valence-electron chi connectivity index (χ3n) is 5.02. The van der Waals surface area contributed by atoms with Crippen LogP contribution in [-0.4, -0.2) is 55.7 Å². The van der Waals surface area contributed by atoms with Crippen molar-refractivity contribution in [1.29, 1.82) is 0 Å². The first-order valence-corrected chi connectivity index (χ1v) is 9.32. The van der Waals surface area contributed by atoms with E-state index in [1.165, 1.54) is 0 Å². The van der Waals surface area contributed by atoms with Crippen molar-refractivity contribution in [2.24, 2.45) is 11.1 Å². The van der Waals surface area contributed by atoms with Crippen LogP contribution in [0.3, 0.4) is 0 Å². The molecule has 3 rings (SSSR count). The van der Waals surface area contributed by atoms with E-state index in [9.17, 15) is 9.59 Å². The van der Waals surface area contributed by atoms with Crippen molar-refractivity contribution in [2.45, 2.75) is 32.7 Å². The minimum absolute atomic E-state index is 0.0509. The molecular formula is C19H28N4O4. The van der Waals surface area contributed by atoms with E-state index in [0.717, 1.165) is 25.9 Å². The van der Waals surface area contributed by atoms with Crippen LogP contribution in [0.1, 0.15) is 26.7 Å². The van der Waals surface area contributed by atoms with Gasteiger partial charge in [-0.1, -0.05) is 13.8 Å². The Morgan fingerprint density at radius 2 is 2.00 bits per heavy atom. The molecule has 1 fully saturated rings. The molecule has 1 aromatic carbocycles. The second kappa shape index (κ2) is 8.14. The van der Waals surface area contributed by atoms with Crippen molar-refractivity contribution in [1.82, 2.24) is 10.2 Å². The number of hydrogen-bond donors (Lipinski definition) is 3. The van der Waals surface area contributed by atoms with Gasteiger partial charge in [0, 0.05) is 37.3 Å². The van der Waals surface area contributed by atoms with Crippen molar-refractivity contribution < 1.29 is 19.1 Å². The van der Waals surface area contributed by atoms with E-state index in [0.29, 0.717) is 30.4 Å². The van der Waals surface area contributed by atoms with Gasteiger partial charge in [-0.15, -0.1) is 0 Å². The molecule has 27 heavy (non-hydrogen) atoms. The highest BCUT2D eigenvalue weighted by Crippen LogP contribution is 2.32. The number of piperidine rings is 1. The van der Waals surface area contributed by atoms with Gasteiger partial charge in [0.15, 0.2) is 11.5 Å². The molecule has 0 bridgehead atoms. The van der Waals surface area contributed by atoms with Crippen molar-refractivity contribution in [3.05, 3.63) is 18.2 Å². The first-order valence-electron chi connectivity index (χ1n) is 9.32. The monoisotopic (exact) mass is 376 g/mol. The van der Waals surface area contributed by atoms with Crippen molar-refractivity contribution in [3.63, 3.8) is 0 Å². The van der Waals surface area contributed by atoms with Crippen molar-refractivity contribution in [2.75, 3.05) is 38.2 Å². The highest BCUT2D eigenvalue weighted by molar-refractivity contribution is 6.01. The number of nitrogens with two attached hydrogens (primary N) is 1. The minimum Gasteiger partial charge on any atom is -0.490 e. The molecule has 1 atom stereocenters. The summed E-state index contributed by atoms with van der Waals surface area (Å²) in [5.74, 6) is 0.900. The molecule has 0 radical (unpaired) electrons. The summed E-state index contributed by atoms with van der Waals surface area (Å²) in [5.41, 5.74) is 6.61. The number of carbonyl (C=O) groups is 2. The average molecular weight is 376 g/mol. The molecular weight excluding hydrogens is 348 g/mol. The molecule has 1 unspecified atom stereocenters. The lowest BCUT2D eigenvalue weighted by atomic mass is 9.80. The summed E-state index contributed by atoms with van der Waals surface area (Å²) >= 11 is 0. The molecule has 0 saturated carbocycles. The number of imide groups is 1. The summed E-state index contributed by atoms with van der Waals surface area (Å²) in [6.07, 6.45) is 1.65. The zero-order chi connectivity index (χ0) is 19.4. The topological polar surface area (TPSA) is 106 Å². The molecule has 8 nitrogen and oxygen atoms in total. The number of benzene rings is 1. The van der Waals surface area contributed by atoms with Crippen LogP contribution >= 0.6 is 0 Å². The van der Waals surface area contributed by atoms with Gasteiger partial charge in [0.05, 0.1) is 19.8 Å². The second-order valence-electron chi connectivity index (χ2n) is 7.81. The fraction of sp³-hybridized carbons (Fsp3) is 0.579. The third-order valence-corrected chi connectivity index (χ3v) is 5.02. The zero-order valence-corrected chi connectivity index (χ0v) is 15.9. The van der Waals surface area contributed by atoms with Crippen LogP contribution in [0.15, 0.2) is 18.2 Å². The molecule has 8 heteroatoms. The molecule has 0 aromatic heterocycles. The number of amides is 3. The maximum atomic E-state index is 12.2. The maximum Gasteiger partial charge on any atom is 0.325 e. The Kier molecular flexibility index (Phi) is 5.86. The number of nitrogens with zero attached hydrogens (tertiary/aromatic N) is 1. The smallest absolute Gasteiger partial charge is 0.325 e. The van der Waals surface area contributed by atoms with Crippen LogP contribution in [0.5, 0.6) is 11.5 Å². The van der Waals surface area contributed by atoms with Gasteiger partial charge in [-0.3, -0.25) is 15.0 Å². The van der Waals surface area contributed by atoms with Gasteiger partial charge in [-0.25, -0.2) is 4.79 Å². The minimum atomic E-state index is -0.567. The van der Waals surface area contributed by atoms with Crippen LogP contribution in [0.25, 0.3) is 0 Å². The molecule has 3 amide bonds. The summed E-state index contributed by atoms with van der Waals surface area (Å²) in [5, 5.41) is 5.03. The number of ether oxygens (including phenoxy) is 2. The Hall–Kier alpha value is -2.32. The van der Waals surface area contributed by atoms with Crippen molar-refractivity contribution >= 4 is 17.6 Å². The second-order valence-corrected chi connectivity index (χ2v) is 7.81. The molecule has 1 saturated heterocycles. The largest absolute Gasteiger partial charge is 0.490 e. The Labute approximate surface area is 159 Å². The molecule has 2 aliphatic rings. The van der Waals surface area contributed by atoms with E-state index in [1.807, 2.05) is 4.90 Å². The predicted molar refractivity (Wildman–Crippen MR) is 102 cm³/mol. The van der Waals surface area contributed by atoms with Gasteiger partial charge in [0.2, 0.25) is 5.91 Å². The van der Waals surface area contributed by atoms with Crippen LogP contribution in [0, 0.1) is 5.41 Å². The fourth-order valence-electron chi connectivity index (χ4n) is 3.39. The van der Waals surface area contributed by atoms with E-state index >= 15 is 0 Å². The summed E-state index contributed by atoms with van der Waals surface area (Å²) < 4.78 is 11.2. The first-order chi connectivity index (χ1) is 12.8. The van der Waals surface area contributed by atoms with Gasteiger partial charge < -0.3 is 20.5 Å². The highest BCUT2D eigenvalue weighted by atomic mass is 16.5. The number of fused-ring (bicyclic) bond motifs is 1. The van der Waals surface area contributed by atoms with Crippen LogP contribution in [-0.2, 0) is 4.79 Å². The quantitative estimate of drug-likeness (QED) is 0.739. The predicted octanol–water partition coefficient (Wildman–Crippen LogP) is 1.56. The fourth-order valence-corrected chi connectivity index (χ4v) is 3.39. The van der Waals surface area contributed by atoms with E-state index in [1.54, 1.807) is 18.2 Å². The third kappa shape index (κ3) is 5.11. The number of carbonyl (C=O) groups excluding carboxylic acids is 2. The number of anilines is 1.